The van der Waals surface area contributed by atoms with Crippen molar-refractivity contribution in [2.75, 3.05) is 6.61 Å². The third-order valence-electron chi connectivity index (χ3n) is 2.43. The van der Waals surface area contributed by atoms with Gasteiger partial charge in [0, 0.05) is 6.61 Å². The lowest BCUT2D eigenvalue weighted by molar-refractivity contribution is 0.288. The molecule has 2 aromatic rings. The van der Waals surface area contributed by atoms with Crippen LogP contribution < -0.4 is 0 Å². The zero-order valence-corrected chi connectivity index (χ0v) is 9.30. The maximum absolute atomic E-state index is 8.73. The molecule has 0 atom stereocenters. The quantitative estimate of drug-likeness (QED) is 0.844. The van der Waals surface area contributed by atoms with Crippen molar-refractivity contribution in [1.82, 2.24) is 15.0 Å². The summed E-state index contributed by atoms with van der Waals surface area (Å²) in [4.78, 5) is 0. The molecule has 2 rings (SSSR count). The van der Waals surface area contributed by atoms with Gasteiger partial charge >= 0.3 is 0 Å². The van der Waals surface area contributed by atoms with Gasteiger partial charge in [0.05, 0.1) is 17.6 Å². The second-order valence-electron chi connectivity index (χ2n) is 3.82. The van der Waals surface area contributed by atoms with Crippen molar-refractivity contribution in [3.63, 3.8) is 0 Å². The summed E-state index contributed by atoms with van der Waals surface area (Å²) in [5.41, 5.74) is 3.15. The van der Waals surface area contributed by atoms with Gasteiger partial charge in [-0.05, 0) is 31.9 Å². The molecule has 0 bridgehead atoms. The molecular formula is C12H15N3O. The van der Waals surface area contributed by atoms with Crippen molar-refractivity contribution in [1.29, 1.82) is 0 Å². The van der Waals surface area contributed by atoms with E-state index in [4.69, 9.17) is 5.11 Å². The van der Waals surface area contributed by atoms with E-state index in [0.29, 0.717) is 0 Å². The van der Waals surface area contributed by atoms with Crippen molar-refractivity contribution in [3.05, 3.63) is 41.7 Å². The summed E-state index contributed by atoms with van der Waals surface area (Å²) in [6.07, 6.45) is 3.40. The molecule has 0 spiro atoms. The lowest BCUT2D eigenvalue weighted by Crippen LogP contribution is -1.94. The highest BCUT2D eigenvalue weighted by Gasteiger charge is 2.01. The van der Waals surface area contributed by atoms with Gasteiger partial charge < -0.3 is 5.11 Å². The van der Waals surface area contributed by atoms with Crippen LogP contribution in [0, 0.1) is 6.92 Å². The highest BCUT2D eigenvalue weighted by molar-refractivity contribution is 5.33. The zero-order valence-electron chi connectivity index (χ0n) is 9.30. The Hall–Kier alpha value is -1.68. The van der Waals surface area contributed by atoms with Gasteiger partial charge in [-0.3, -0.25) is 0 Å². The topological polar surface area (TPSA) is 50.9 Å². The van der Waals surface area contributed by atoms with E-state index < -0.39 is 0 Å². The van der Waals surface area contributed by atoms with Gasteiger partial charge in [0.15, 0.2) is 0 Å². The number of nitrogens with zero attached hydrogens (tertiary/aromatic N) is 3. The predicted octanol–water partition coefficient (Wildman–Crippen LogP) is 1.50. The fourth-order valence-electron chi connectivity index (χ4n) is 1.50. The summed E-state index contributed by atoms with van der Waals surface area (Å²) in [5.74, 6) is 0. The first kappa shape index (κ1) is 10.8. The van der Waals surface area contributed by atoms with Crippen LogP contribution >= 0.6 is 0 Å². The van der Waals surface area contributed by atoms with Crippen LogP contribution in [0.25, 0.3) is 5.69 Å². The molecular weight excluding hydrogens is 202 g/mol. The summed E-state index contributed by atoms with van der Waals surface area (Å²) in [6, 6.07) is 8.12. The molecule has 0 amide bonds. The van der Waals surface area contributed by atoms with Crippen LogP contribution in [-0.4, -0.2) is 26.7 Å². The van der Waals surface area contributed by atoms with Crippen molar-refractivity contribution in [2.45, 2.75) is 19.8 Å². The Balaban J connectivity index is 2.15. The van der Waals surface area contributed by atoms with E-state index in [1.807, 2.05) is 30.5 Å². The van der Waals surface area contributed by atoms with Crippen molar-refractivity contribution < 1.29 is 5.11 Å². The van der Waals surface area contributed by atoms with E-state index in [2.05, 4.69) is 17.2 Å². The maximum atomic E-state index is 8.73. The van der Waals surface area contributed by atoms with Gasteiger partial charge in [0.1, 0.15) is 0 Å². The summed E-state index contributed by atoms with van der Waals surface area (Å²) in [7, 11) is 0. The van der Waals surface area contributed by atoms with Crippen LogP contribution in [0.2, 0.25) is 0 Å². The molecule has 0 saturated carbocycles. The molecule has 0 aliphatic heterocycles. The number of hydrogen-bond donors (Lipinski definition) is 1. The van der Waals surface area contributed by atoms with Crippen LogP contribution in [-0.2, 0) is 6.42 Å². The molecule has 0 fully saturated rings. The van der Waals surface area contributed by atoms with Gasteiger partial charge in [0.25, 0.3) is 0 Å². The molecule has 84 valence electrons. The number of aryl methyl sites for hydroxylation is 2. The van der Waals surface area contributed by atoms with Gasteiger partial charge in [-0.1, -0.05) is 22.9 Å². The molecule has 1 aromatic carbocycles. The normalized spacial score (nSPS) is 10.6. The summed E-state index contributed by atoms with van der Waals surface area (Å²) >= 11 is 0. The Morgan fingerprint density at radius 2 is 2.00 bits per heavy atom. The Labute approximate surface area is 94.5 Å². The molecule has 4 nitrogen and oxygen atoms in total. The Bertz CT molecular complexity index is 448. The van der Waals surface area contributed by atoms with Crippen molar-refractivity contribution in [3.8, 4) is 5.69 Å². The number of benzene rings is 1. The standard InChI is InChI=1S/C12H15N3O/c1-10-4-6-12(7-5-10)15-9-11(13-14-15)3-2-8-16/h4-7,9,16H,2-3,8H2,1H3. The number of hydrogen-bond acceptors (Lipinski definition) is 3. The molecule has 1 heterocycles. The van der Waals surface area contributed by atoms with Crippen LogP contribution in [0.3, 0.4) is 0 Å². The fraction of sp³-hybridized carbons (Fsp3) is 0.333. The SMILES string of the molecule is Cc1ccc(-n2cc(CCCO)nn2)cc1. The number of rotatable bonds is 4. The molecule has 1 N–H and O–H groups in total. The number of aromatic nitrogens is 3. The minimum absolute atomic E-state index is 0.192. The van der Waals surface area contributed by atoms with Crippen molar-refractivity contribution in [2.24, 2.45) is 0 Å². The van der Waals surface area contributed by atoms with E-state index >= 15 is 0 Å². The van der Waals surface area contributed by atoms with E-state index in [-0.39, 0.29) is 6.61 Å². The predicted molar refractivity (Wildman–Crippen MR) is 61.5 cm³/mol. The molecule has 1 aromatic heterocycles. The molecule has 0 aliphatic rings. The van der Waals surface area contributed by atoms with Crippen LogP contribution in [0.5, 0.6) is 0 Å². The van der Waals surface area contributed by atoms with E-state index in [1.54, 1.807) is 4.68 Å². The van der Waals surface area contributed by atoms with E-state index in [0.717, 1.165) is 24.2 Å². The van der Waals surface area contributed by atoms with E-state index in [9.17, 15) is 0 Å². The zero-order chi connectivity index (χ0) is 11.4. The Kier molecular flexibility index (Phi) is 3.31. The lowest BCUT2D eigenvalue weighted by Gasteiger charge is -1.99. The first-order valence-electron chi connectivity index (χ1n) is 5.39. The Morgan fingerprint density at radius 3 is 2.69 bits per heavy atom. The molecule has 0 saturated heterocycles. The van der Waals surface area contributed by atoms with Crippen LogP contribution in [0.4, 0.5) is 0 Å². The molecule has 16 heavy (non-hydrogen) atoms. The van der Waals surface area contributed by atoms with Gasteiger partial charge in [-0.15, -0.1) is 5.10 Å². The average molecular weight is 217 g/mol. The largest absolute Gasteiger partial charge is 0.396 e. The lowest BCUT2D eigenvalue weighted by atomic mass is 10.2. The number of aliphatic hydroxyl groups is 1. The van der Waals surface area contributed by atoms with Gasteiger partial charge in [-0.25, -0.2) is 4.68 Å². The summed E-state index contributed by atoms with van der Waals surface area (Å²) in [6.45, 7) is 2.25. The minimum Gasteiger partial charge on any atom is -0.396 e. The fourth-order valence-corrected chi connectivity index (χ4v) is 1.50. The molecule has 0 radical (unpaired) electrons. The maximum Gasteiger partial charge on any atom is 0.0832 e. The second-order valence-corrected chi connectivity index (χ2v) is 3.82. The highest BCUT2D eigenvalue weighted by Crippen LogP contribution is 2.08. The van der Waals surface area contributed by atoms with Crippen LogP contribution in [0.15, 0.2) is 30.5 Å². The number of aliphatic hydroxyl groups excluding tert-OH is 1. The average Bonchev–Trinajstić information content (AvgIpc) is 2.76. The Morgan fingerprint density at radius 1 is 1.25 bits per heavy atom. The third kappa shape index (κ3) is 2.46. The van der Waals surface area contributed by atoms with Gasteiger partial charge in [0.2, 0.25) is 0 Å². The first-order valence-corrected chi connectivity index (χ1v) is 5.39. The summed E-state index contributed by atoms with van der Waals surface area (Å²) < 4.78 is 1.76. The first-order chi connectivity index (χ1) is 7.79. The van der Waals surface area contributed by atoms with Crippen LogP contribution in [0.1, 0.15) is 17.7 Å². The van der Waals surface area contributed by atoms with E-state index in [1.165, 1.54) is 5.56 Å². The minimum atomic E-state index is 0.192. The molecule has 0 aliphatic carbocycles. The van der Waals surface area contributed by atoms with Gasteiger partial charge in [-0.2, -0.15) is 0 Å². The molecule has 4 heteroatoms. The summed E-state index contributed by atoms with van der Waals surface area (Å²) in [5, 5.41) is 16.8. The second kappa shape index (κ2) is 4.90. The monoisotopic (exact) mass is 217 g/mol. The molecule has 0 unspecified atom stereocenters. The van der Waals surface area contributed by atoms with Crippen molar-refractivity contribution >= 4 is 0 Å². The highest BCUT2D eigenvalue weighted by atomic mass is 16.2. The third-order valence-corrected chi connectivity index (χ3v) is 2.43. The smallest absolute Gasteiger partial charge is 0.0832 e.